The largest absolute Gasteiger partial charge is 0.358 e. The van der Waals surface area contributed by atoms with Crippen LogP contribution in [0.4, 0.5) is 0 Å². The van der Waals surface area contributed by atoms with E-state index >= 15 is 0 Å². The monoisotopic (exact) mass is 398 g/mol. The first kappa shape index (κ1) is 19.4. The van der Waals surface area contributed by atoms with E-state index < -0.39 is 32.2 Å². The topological polar surface area (TPSA) is 83.6 Å². The Morgan fingerprint density at radius 2 is 1.92 bits per heavy atom. The summed E-state index contributed by atoms with van der Waals surface area (Å²) >= 11 is 1.64. The summed E-state index contributed by atoms with van der Waals surface area (Å²) in [4.78, 5) is 27.7. The van der Waals surface area contributed by atoms with Gasteiger partial charge in [0.1, 0.15) is 5.75 Å². The molecule has 3 rings (SSSR count). The third-order valence-electron chi connectivity index (χ3n) is 5.71. The maximum absolute atomic E-state index is 13.3. The Kier molecular flexibility index (Phi) is 5.72. The van der Waals surface area contributed by atoms with Crippen molar-refractivity contribution in [2.24, 2.45) is 0 Å². The van der Waals surface area contributed by atoms with Crippen LogP contribution in [0.2, 0.25) is 0 Å². The fourth-order valence-corrected chi connectivity index (χ4v) is 6.84. The molecular weight excluding hydrogens is 372 g/mol. The minimum absolute atomic E-state index is 0.152. The zero-order valence-electron chi connectivity index (χ0n) is 15.1. The number of amides is 2. The molecule has 0 radical (unpaired) electrons. The summed E-state index contributed by atoms with van der Waals surface area (Å²) < 4.78 is 24.7. The van der Waals surface area contributed by atoms with Crippen molar-refractivity contribution in [2.75, 3.05) is 25.9 Å². The molecule has 1 aliphatic carbocycles. The molecule has 1 aromatic heterocycles. The number of hydrogen-bond donors (Lipinski definition) is 1. The molecule has 26 heavy (non-hydrogen) atoms. The normalized spacial score (nSPS) is 20.9. The van der Waals surface area contributed by atoms with Crippen molar-refractivity contribution in [3.8, 4) is 0 Å². The maximum Gasteiger partial charge on any atom is 0.234 e. The lowest BCUT2D eigenvalue weighted by molar-refractivity contribution is -0.138. The number of hydrogen-bond acceptors (Lipinski definition) is 5. The molecule has 0 unspecified atom stereocenters. The summed E-state index contributed by atoms with van der Waals surface area (Å²) in [5, 5.41) is 3.84. The first-order chi connectivity index (χ1) is 12.4. The van der Waals surface area contributed by atoms with Crippen molar-refractivity contribution in [1.29, 1.82) is 0 Å². The Bertz CT molecular complexity index is 744. The van der Waals surface area contributed by atoms with Gasteiger partial charge in [0.25, 0.3) is 0 Å². The van der Waals surface area contributed by atoms with E-state index in [1.54, 1.807) is 11.3 Å². The summed E-state index contributed by atoms with van der Waals surface area (Å²) in [7, 11) is -2.03. The van der Waals surface area contributed by atoms with Crippen LogP contribution in [-0.2, 0) is 24.8 Å². The quantitative estimate of drug-likeness (QED) is 0.818. The van der Waals surface area contributed by atoms with Crippen LogP contribution in [0.25, 0.3) is 0 Å². The van der Waals surface area contributed by atoms with Crippen molar-refractivity contribution >= 4 is 33.0 Å². The average molecular weight is 399 g/mol. The summed E-state index contributed by atoms with van der Waals surface area (Å²) in [5.41, 5.74) is -0.415. The Balaban J connectivity index is 1.68. The lowest BCUT2D eigenvalue weighted by Crippen LogP contribution is -2.50. The van der Waals surface area contributed by atoms with Crippen LogP contribution in [0.15, 0.2) is 17.5 Å². The van der Waals surface area contributed by atoms with Gasteiger partial charge in [-0.1, -0.05) is 18.9 Å². The second kappa shape index (κ2) is 7.68. The Morgan fingerprint density at radius 1 is 1.27 bits per heavy atom. The predicted molar refractivity (Wildman–Crippen MR) is 102 cm³/mol. The number of nitrogens with one attached hydrogen (secondary N) is 1. The van der Waals surface area contributed by atoms with Crippen LogP contribution >= 0.6 is 11.3 Å². The van der Waals surface area contributed by atoms with Gasteiger partial charge in [-0.2, -0.15) is 0 Å². The number of carbonyl (C=O) groups is 2. The highest BCUT2D eigenvalue weighted by atomic mass is 32.2. The van der Waals surface area contributed by atoms with Crippen LogP contribution in [0.1, 0.15) is 43.4 Å². The SMILES string of the molecule is CNC(=O)CS(=O)(=O)C1CCN(C(=O)C2(c3cccs3)CCCC2)CC1. The van der Waals surface area contributed by atoms with Gasteiger partial charge in [0.2, 0.25) is 11.8 Å². The highest BCUT2D eigenvalue weighted by molar-refractivity contribution is 7.92. The van der Waals surface area contributed by atoms with Crippen LogP contribution in [0, 0.1) is 0 Å². The van der Waals surface area contributed by atoms with Gasteiger partial charge < -0.3 is 10.2 Å². The molecule has 0 atom stereocenters. The van der Waals surface area contributed by atoms with Gasteiger partial charge in [-0.3, -0.25) is 9.59 Å². The van der Waals surface area contributed by atoms with Gasteiger partial charge in [-0.05, 0) is 37.1 Å². The summed E-state index contributed by atoms with van der Waals surface area (Å²) in [6.07, 6.45) is 4.68. The van der Waals surface area contributed by atoms with E-state index in [0.29, 0.717) is 25.9 Å². The first-order valence-corrected chi connectivity index (χ1v) is 11.7. The molecule has 1 aliphatic heterocycles. The van der Waals surface area contributed by atoms with Gasteiger partial charge in [0.05, 0.1) is 10.7 Å². The molecule has 6 nitrogen and oxygen atoms in total. The zero-order chi connectivity index (χ0) is 18.8. The van der Waals surface area contributed by atoms with E-state index in [9.17, 15) is 18.0 Å². The summed E-state index contributed by atoms with van der Waals surface area (Å²) in [6, 6.07) is 4.04. The Morgan fingerprint density at radius 3 is 2.46 bits per heavy atom. The second-order valence-electron chi connectivity index (χ2n) is 7.24. The molecule has 2 aliphatic rings. The number of piperidine rings is 1. The van der Waals surface area contributed by atoms with Crippen molar-refractivity contribution in [3.63, 3.8) is 0 Å². The van der Waals surface area contributed by atoms with Gasteiger partial charge in [0.15, 0.2) is 9.84 Å². The molecule has 2 amide bonds. The number of nitrogens with zero attached hydrogens (tertiary/aromatic N) is 1. The fraction of sp³-hybridized carbons (Fsp3) is 0.667. The minimum Gasteiger partial charge on any atom is -0.358 e. The number of rotatable bonds is 5. The number of thiophene rings is 1. The van der Waals surface area contributed by atoms with E-state index in [-0.39, 0.29) is 5.91 Å². The van der Waals surface area contributed by atoms with E-state index in [1.807, 2.05) is 16.3 Å². The van der Waals surface area contributed by atoms with Crippen LogP contribution in [-0.4, -0.2) is 56.3 Å². The van der Waals surface area contributed by atoms with Gasteiger partial charge in [0, 0.05) is 25.0 Å². The van der Waals surface area contributed by atoms with Crippen molar-refractivity contribution < 1.29 is 18.0 Å². The lowest BCUT2D eigenvalue weighted by Gasteiger charge is -2.38. The maximum atomic E-state index is 13.3. The molecule has 2 fully saturated rings. The van der Waals surface area contributed by atoms with Gasteiger partial charge in [-0.25, -0.2) is 8.42 Å². The van der Waals surface area contributed by atoms with Crippen molar-refractivity contribution in [3.05, 3.63) is 22.4 Å². The molecule has 0 bridgehead atoms. The third kappa shape index (κ3) is 3.67. The number of sulfone groups is 1. The minimum atomic E-state index is -3.47. The van der Waals surface area contributed by atoms with E-state index in [2.05, 4.69) is 11.4 Å². The molecule has 2 heterocycles. The smallest absolute Gasteiger partial charge is 0.234 e. The standard InChI is InChI=1S/C18H26N2O4S2/c1-19-16(21)13-26(23,24)14-6-10-20(11-7-14)17(22)18(8-2-3-9-18)15-5-4-12-25-15/h4-5,12,14H,2-3,6-11,13H2,1H3,(H,19,21). The fourth-order valence-electron chi connectivity index (χ4n) is 4.19. The molecule has 144 valence electrons. The van der Waals surface area contributed by atoms with Gasteiger partial charge in [-0.15, -0.1) is 11.3 Å². The molecule has 8 heteroatoms. The molecule has 1 saturated carbocycles. The highest BCUT2D eigenvalue weighted by Gasteiger charge is 2.46. The first-order valence-electron chi connectivity index (χ1n) is 9.14. The highest BCUT2D eigenvalue weighted by Crippen LogP contribution is 2.44. The van der Waals surface area contributed by atoms with Crippen LogP contribution in [0.5, 0.6) is 0 Å². The third-order valence-corrected chi connectivity index (χ3v) is 8.93. The second-order valence-corrected chi connectivity index (χ2v) is 10.5. The van der Waals surface area contributed by atoms with Gasteiger partial charge >= 0.3 is 0 Å². The Hall–Kier alpha value is -1.41. The average Bonchev–Trinajstić information content (AvgIpc) is 3.33. The van der Waals surface area contributed by atoms with Crippen LogP contribution in [0.3, 0.4) is 0 Å². The molecule has 1 N–H and O–H groups in total. The Labute approximate surface area is 158 Å². The summed E-state index contributed by atoms with van der Waals surface area (Å²) in [6.45, 7) is 0.896. The molecule has 0 aromatic carbocycles. The molecule has 1 saturated heterocycles. The molecular formula is C18H26N2O4S2. The van der Waals surface area contributed by atoms with Crippen LogP contribution < -0.4 is 5.32 Å². The van der Waals surface area contributed by atoms with E-state index in [0.717, 1.165) is 30.6 Å². The number of carbonyl (C=O) groups excluding carboxylic acids is 2. The van der Waals surface area contributed by atoms with E-state index in [4.69, 9.17) is 0 Å². The zero-order valence-corrected chi connectivity index (χ0v) is 16.7. The molecule has 0 spiro atoms. The van der Waals surface area contributed by atoms with Crippen molar-refractivity contribution in [2.45, 2.75) is 49.2 Å². The lowest BCUT2D eigenvalue weighted by atomic mass is 9.82. The van der Waals surface area contributed by atoms with E-state index in [1.165, 1.54) is 7.05 Å². The predicted octanol–water partition coefficient (Wildman–Crippen LogP) is 1.71. The van der Waals surface area contributed by atoms with Crippen molar-refractivity contribution in [1.82, 2.24) is 10.2 Å². The molecule has 1 aromatic rings. The summed E-state index contributed by atoms with van der Waals surface area (Å²) in [5.74, 6) is -0.799. The number of likely N-dealkylation sites (tertiary alicyclic amines) is 1.